The molecule has 0 bridgehead atoms. The molecule has 0 atom stereocenters. The molecule has 0 heterocycles. The van der Waals surface area contributed by atoms with E-state index in [2.05, 4.69) is 26.0 Å². The van der Waals surface area contributed by atoms with Gasteiger partial charge in [-0.1, -0.05) is 0 Å². The third-order valence-electron chi connectivity index (χ3n) is 2.58. The quantitative estimate of drug-likeness (QED) is 0.726. The second-order valence-corrected chi connectivity index (χ2v) is 8.18. The molecule has 0 fully saturated rings. The van der Waals surface area contributed by atoms with E-state index in [4.69, 9.17) is 5.73 Å². The van der Waals surface area contributed by atoms with Gasteiger partial charge in [0.1, 0.15) is 0 Å². The van der Waals surface area contributed by atoms with Crippen LogP contribution in [0.2, 0.25) is 0 Å². The second kappa shape index (κ2) is 6.43. The summed E-state index contributed by atoms with van der Waals surface area (Å²) in [5.41, 5.74) is 6.20. The molecule has 0 saturated carbocycles. The highest BCUT2D eigenvalue weighted by atomic mass is 79.9. The summed E-state index contributed by atoms with van der Waals surface area (Å²) in [6, 6.07) is 3.07. The molecule has 1 aromatic carbocycles. The first kappa shape index (κ1) is 18.1. The predicted octanol–water partition coefficient (Wildman–Crippen LogP) is 1.73. The lowest BCUT2D eigenvalue weighted by molar-refractivity contribution is -0.114. The summed E-state index contributed by atoms with van der Waals surface area (Å²) in [6.07, 6.45) is 0. The molecule has 6 nitrogen and oxygen atoms in total. The molecule has 4 N–H and O–H groups in total. The zero-order chi connectivity index (χ0) is 16.4. The Bertz CT molecular complexity index is 651. The number of nitrogens with two attached hydrogens (primary N) is 1. The fraction of sp³-hybridized carbons (Fsp3) is 0.462. The molecule has 1 rings (SSSR count). The second-order valence-electron chi connectivity index (χ2n) is 5.59. The normalized spacial score (nSPS) is 12.3. The maximum absolute atomic E-state index is 12.3. The minimum Gasteiger partial charge on any atom is -0.325 e. The minimum atomic E-state index is -3.66. The van der Waals surface area contributed by atoms with E-state index in [-0.39, 0.29) is 17.3 Å². The fourth-order valence-corrected chi connectivity index (χ4v) is 3.66. The largest absolute Gasteiger partial charge is 0.325 e. The number of carbonyl (C=O) groups is 1. The first-order chi connectivity index (χ1) is 9.42. The van der Waals surface area contributed by atoms with Gasteiger partial charge in [0.05, 0.1) is 10.6 Å². The SMILES string of the molecule is CC(=O)Nc1cc(C)c(S(=O)(=O)NCC(C)(C)N)cc1Br. The third-order valence-corrected chi connectivity index (χ3v) is 4.78. The first-order valence-electron chi connectivity index (χ1n) is 6.29. The molecule has 21 heavy (non-hydrogen) atoms. The van der Waals surface area contributed by atoms with Crippen molar-refractivity contribution in [3.8, 4) is 0 Å². The lowest BCUT2D eigenvalue weighted by Crippen LogP contribution is -2.45. The summed E-state index contributed by atoms with van der Waals surface area (Å²) >= 11 is 3.26. The number of hydrogen-bond donors (Lipinski definition) is 3. The Morgan fingerprint density at radius 1 is 1.38 bits per heavy atom. The number of nitrogens with one attached hydrogen (secondary N) is 2. The van der Waals surface area contributed by atoms with E-state index in [1.807, 2.05) is 0 Å². The van der Waals surface area contributed by atoms with Gasteiger partial charge in [0.15, 0.2) is 0 Å². The van der Waals surface area contributed by atoms with Crippen LogP contribution < -0.4 is 15.8 Å². The molecule has 0 unspecified atom stereocenters. The summed E-state index contributed by atoms with van der Waals surface area (Å²) in [6.45, 7) is 6.65. The van der Waals surface area contributed by atoms with Gasteiger partial charge in [-0.2, -0.15) is 0 Å². The van der Waals surface area contributed by atoms with Crippen LogP contribution in [0, 0.1) is 6.92 Å². The topological polar surface area (TPSA) is 101 Å². The standard InChI is InChI=1S/C13H20BrN3O3S/c1-8-5-11(17-9(2)18)10(14)6-12(8)21(19,20)16-7-13(3,4)15/h5-6,16H,7,15H2,1-4H3,(H,17,18). The molecule has 0 aliphatic rings. The lowest BCUT2D eigenvalue weighted by atomic mass is 10.1. The molecule has 0 saturated heterocycles. The molecule has 1 aromatic rings. The number of hydrogen-bond acceptors (Lipinski definition) is 4. The average Bonchev–Trinajstić information content (AvgIpc) is 2.29. The molecule has 0 aliphatic carbocycles. The van der Waals surface area contributed by atoms with Gasteiger partial charge >= 0.3 is 0 Å². The summed E-state index contributed by atoms with van der Waals surface area (Å²) in [5, 5.41) is 2.63. The van der Waals surface area contributed by atoms with Crippen LogP contribution in [0.5, 0.6) is 0 Å². The Morgan fingerprint density at radius 3 is 2.43 bits per heavy atom. The van der Waals surface area contributed by atoms with Crippen molar-refractivity contribution >= 4 is 37.5 Å². The number of anilines is 1. The van der Waals surface area contributed by atoms with E-state index >= 15 is 0 Å². The monoisotopic (exact) mass is 377 g/mol. The lowest BCUT2D eigenvalue weighted by Gasteiger charge is -2.20. The summed E-state index contributed by atoms with van der Waals surface area (Å²) < 4.78 is 27.6. The maximum atomic E-state index is 12.3. The zero-order valence-corrected chi connectivity index (χ0v) is 14.9. The van der Waals surface area contributed by atoms with Crippen molar-refractivity contribution in [2.24, 2.45) is 5.73 Å². The van der Waals surface area contributed by atoms with E-state index in [1.54, 1.807) is 26.8 Å². The molecule has 0 spiro atoms. The van der Waals surface area contributed by atoms with Crippen molar-refractivity contribution in [1.82, 2.24) is 4.72 Å². The molecular formula is C13H20BrN3O3S. The van der Waals surface area contributed by atoms with Gasteiger partial charge in [0.25, 0.3) is 0 Å². The van der Waals surface area contributed by atoms with Crippen molar-refractivity contribution in [2.75, 3.05) is 11.9 Å². The first-order valence-corrected chi connectivity index (χ1v) is 8.56. The summed E-state index contributed by atoms with van der Waals surface area (Å²) in [7, 11) is -3.66. The van der Waals surface area contributed by atoms with Crippen LogP contribution in [0.1, 0.15) is 26.3 Å². The average molecular weight is 378 g/mol. The maximum Gasteiger partial charge on any atom is 0.240 e. The van der Waals surface area contributed by atoms with Crippen molar-refractivity contribution in [1.29, 1.82) is 0 Å². The molecule has 118 valence electrons. The van der Waals surface area contributed by atoms with Crippen LogP contribution in [0.4, 0.5) is 5.69 Å². The van der Waals surface area contributed by atoms with Gasteiger partial charge in [-0.15, -0.1) is 0 Å². The molecule has 8 heteroatoms. The van der Waals surface area contributed by atoms with E-state index < -0.39 is 15.6 Å². The van der Waals surface area contributed by atoms with Crippen LogP contribution in [-0.2, 0) is 14.8 Å². The van der Waals surface area contributed by atoms with Crippen molar-refractivity contribution < 1.29 is 13.2 Å². The molecule has 0 radical (unpaired) electrons. The number of benzene rings is 1. The predicted molar refractivity (Wildman–Crippen MR) is 86.6 cm³/mol. The summed E-state index contributed by atoms with van der Waals surface area (Å²) in [5.74, 6) is -0.228. The molecule has 0 aromatic heterocycles. The van der Waals surface area contributed by atoms with Crippen LogP contribution >= 0.6 is 15.9 Å². The van der Waals surface area contributed by atoms with E-state index in [0.29, 0.717) is 15.7 Å². The highest BCUT2D eigenvalue weighted by Gasteiger charge is 2.21. The Hall–Kier alpha value is -0.960. The highest BCUT2D eigenvalue weighted by molar-refractivity contribution is 9.10. The van der Waals surface area contributed by atoms with Gasteiger partial charge in [-0.05, 0) is 54.4 Å². The number of rotatable bonds is 5. The van der Waals surface area contributed by atoms with Crippen LogP contribution in [0.25, 0.3) is 0 Å². The highest BCUT2D eigenvalue weighted by Crippen LogP contribution is 2.29. The number of sulfonamides is 1. The van der Waals surface area contributed by atoms with Gasteiger partial charge in [-0.25, -0.2) is 13.1 Å². The van der Waals surface area contributed by atoms with E-state index in [1.165, 1.54) is 13.0 Å². The Kier molecular flexibility index (Phi) is 5.54. The van der Waals surface area contributed by atoms with Gasteiger partial charge in [-0.3, -0.25) is 4.79 Å². The van der Waals surface area contributed by atoms with Crippen LogP contribution in [-0.4, -0.2) is 26.4 Å². The van der Waals surface area contributed by atoms with Crippen molar-refractivity contribution in [3.63, 3.8) is 0 Å². The Morgan fingerprint density at radius 2 is 1.95 bits per heavy atom. The van der Waals surface area contributed by atoms with Crippen LogP contribution in [0.3, 0.4) is 0 Å². The smallest absolute Gasteiger partial charge is 0.240 e. The van der Waals surface area contributed by atoms with Gasteiger partial charge in [0.2, 0.25) is 15.9 Å². The molecule has 1 amide bonds. The van der Waals surface area contributed by atoms with Crippen molar-refractivity contribution in [3.05, 3.63) is 22.2 Å². The third kappa shape index (κ3) is 5.39. The van der Waals surface area contributed by atoms with Gasteiger partial charge < -0.3 is 11.1 Å². The fourth-order valence-electron chi connectivity index (χ4n) is 1.60. The zero-order valence-electron chi connectivity index (χ0n) is 12.5. The Balaban J connectivity index is 3.14. The molecular weight excluding hydrogens is 358 g/mol. The van der Waals surface area contributed by atoms with E-state index in [9.17, 15) is 13.2 Å². The molecule has 0 aliphatic heterocycles. The number of carbonyl (C=O) groups excluding carboxylic acids is 1. The van der Waals surface area contributed by atoms with Crippen molar-refractivity contribution in [2.45, 2.75) is 38.1 Å². The summed E-state index contributed by atoms with van der Waals surface area (Å²) in [4.78, 5) is 11.2. The number of amides is 1. The number of halogens is 1. The minimum absolute atomic E-state index is 0.125. The number of aryl methyl sites for hydroxylation is 1. The van der Waals surface area contributed by atoms with E-state index in [0.717, 1.165) is 0 Å². The Labute approximate surface area is 133 Å². The van der Waals surface area contributed by atoms with Gasteiger partial charge in [0, 0.05) is 23.5 Å². The van der Waals surface area contributed by atoms with Crippen LogP contribution in [0.15, 0.2) is 21.5 Å².